The second kappa shape index (κ2) is 4.92. The lowest BCUT2D eigenvalue weighted by Gasteiger charge is -2.21. The summed E-state index contributed by atoms with van der Waals surface area (Å²) in [4.78, 5) is 26.5. The highest BCUT2D eigenvalue weighted by molar-refractivity contribution is 6.28. The number of aromatic carboxylic acids is 1. The highest BCUT2D eigenvalue weighted by Crippen LogP contribution is 2.31. The van der Waals surface area contributed by atoms with Crippen molar-refractivity contribution in [2.24, 2.45) is 5.92 Å². The monoisotopic (exact) mass is 310 g/mol. The third-order valence-electron chi connectivity index (χ3n) is 3.56. The van der Waals surface area contributed by atoms with Gasteiger partial charge in [0.15, 0.2) is 22.5 Å². The average molecular weight is 311 g/mol. The van der Waals surface area contributed by atoms with Crippen LogP contribution in [0.3, 0.4) is 0 Å². The molecule has 0 bridgehead atoms. The van der Waals surface area contributed by atoms with Gasteiger partial charge in [-0.25, -0.2) is 9.78 Å². The van der Waals surface area contributed by atoms with Crippen LogP contribution < -0.4 is 0 Å². The molecule has 0 aromatic carbocycles. The number of carbonyl (C=O) groups is 2. The number of aliphatic carboxylic acids is 1. The van der Waals surface area contributed by atoms with E-state index in [0.717, 1.165) is 0 Å². The number of hydrogen-bond donors (Lipinski definition) is 2. The Bertz CT molecular complexity index is 733. The van der Waals surface area contributed by atoms with Gasteiger partial charge < -0.3 is 19.2 Å². The number of fused-ring (bicyclic) bond motifs is 1. The number of imidazole rings is 1. The van der Waals surface area contributed by atoms with Crippen molar-refractivity contribution in [1.29, 1.82) is 0 Å². The maximum absolute atomic E-state index is 11.3. The predicted octanol–water partition coefficient (Wildman–Crippen LogP) is 2.14. The van der Waals surface area contributed by atoms with E-state index in [1.807, 2.05) is 0 Å². The molecule has 1 unspecified atom stereocenters. The number of hydrogen-bond acceptors (Lipinski definition) is 4. The number of nitrogens with zero attached hydrogens (tertiary/aromatic N) is 2. The van der Waals surface area contributed by atoms with Crippen molar-refractivity contribution >= 4 is 23.5 Å². The molecule has 7 nitrogen and oxygen atoms in total. The van der Waals surface area contributed by atoms with Gasteiger partial charge in [0, 0.05) is 13.0 Å². The fraction of sp³-hybridized carbons (Fsp3) is 0.308. The molecule has 0 amide bonds. The van der Waals surface area contributed by atoms with Crippen molar-refractivity contribution in [3.8, 4) is 11.6 Å². The van der Waals surface area contributed by atoms with Crippen molar-refractivity contribution < 1.29 is 24.2 Å². The number of halogens is 1. The third-order valence-corrected chi connectivity index (χ3v) is 3.76. The van der Waals surface area contributed by atoms with E-state index in [4.69, 9.17) is 21.1 Å². The van der Waals surface area contributed by atoms with Gasteiger partial charge in [-0.3, -0.25) is 4.79 Å². The van der Waals surface area contributed by atoms with Crippen LogP contribution in [0.15, 0.2) is 16.5 Å². The Hall–Kier alpha value is -2.28. The molecule has 3 heterocycles. The zero-order chi connectivity index (χ0) is 15.1. The molecule has 1 aliphatic heterocycles. The molecule has 0 fully saturated rings. The highest BCUT2D eigenvalue weighted by atomic mass is 35.5. The van der Waals surface area contributed by atoms with Crippen LogP contribution in [-0.2, 0) is 17.8 Å². The molecule has 2 aromatic rings. The normalized spacial score (nSPS) is 17.5. The maximum Gasteiger partial charge on any atom is 0.356 e. The van der Waals surface area contributed by atoms with Crippen molar-refractivity contribution in [3.05, 3.63) is 28.7 Å². The van der Waals surface area contributed by atoms with Gasteiger partial charge >= 0.3 is 11.9 Å². The molecule has 0 radical (unpaired) electrons. The standard InChI is InChI=1S/C13H11ClN2O5/c14-9-2-1-8(21-9)11-15-10(13(19)20)7-5-6(12(17)18)3-4-16(7)11/h1-2,6H,3-5H2,(H,17,18)(H,19,20). The molecule has 2 aromatic heterocycles. The number of carboxylic acid groups (broad SMARTS) is 2. The summed E-state index contributed by atoms with van der Waals surface area (Å²) >= 11 is 5.73. The Morgan fingerprint density at radius 3 is 2.71 bits per heavy atom. The molecular formula is C13H11ClN2O5. The van der Waals surface area contributed by atoms with E-state index in [1.165, 1.54) is 0 Å². The van der Waals surface area contributed by atoms with E-state index in [2.05, 4.69) is 4.98 Å². The Morgan fingerprint density at radius 2 is 2.14 bits per heavy atom. The third kappa shape index (κ3) is 2.29. The van der Waals surface area contributed by atoms with Crippen LogP contribution >= 0.6 is 11.6 Å². The maximum atomic E-state index is 11.3. The van der Waals surface area contributed by atoms with Crippen molar-refractivity contribution in [3.63, 3.8) is 0 Å². The predicted molar refractivity (Wildman–Crippen MR) is 71.3 cm³/mol. The summed E-state index contributed by atoms with van der Waals surface area (Å²) in [5.74, 6) is -1.99. The summed E-state index contributed by atoms with van der Waals surface area (Å²) in [6, 6.07) is 3.15. The molecule has 1 atom stereocenters. The van der Waals surface area contributed by atoms with E-state index in [0.29, 0.717) is 30.2 Å². The molecule has 21 heavy (non-hydrogen) atoms. The van der Waals surface area contributed by atoms with Crippen LogP contribution in [0.2, 0.25) is 5.22 Å². The highest BCUT2D eigenvalue weighted by Gasteiger charge is 2.32. The Labute approximate surface area is 123 Å². The van der Waals surface area contributed by atoms with Gasteiger partial charge in [-0.2, -0.15) is 0 Å². The van der Waals surface area contributed by atoms with E-state index in [-0.39, 0.29) is 17.3 Å². The Balaban J connectivity index is 2.11. The zero-order valence-corrected chi connectivity index (χ0v) is 11.5. The van der Waals surface area contributed by atoms with Gasteiger partial charge in [0.2, 0.25) is 0 Å². The Morgan fingerprint density at radius 1 is 1.38 bits per heavy atom. The van der Waals surface area contributed by atoms with Crippen LogP contribution in [0.5, 0.6) is 0 Å². The molecule has 0 aliphatic carbocycles. The van der Waals surface area contributed by atoms with Crippen LogP contribution in [0, 0.1) is 5.92 Å². The molecule has 2 N–H and O–H groups in total. The summed E-state index contributed by atoms with van der Waals surface area (Å²) < 4.78 is 6.97. The minimum Gasteiger partial charge on any atom is -0.481 e. The van der Waals surface area contributed by atoms with E-state index >= 15 is 0 Å². The lowest BCUT2D eigenvalue weighted by atomic mass is 9.95. The number of carboxylic acids is 2. The lowest BCUT2D eigenvalue weighted by Crippen LogP contribution is -2.26. The first-order chi connectivity index (χ1) is 9.97. The van der Waals surface area contributed by atoms with Crippen molar-refractivity contribution in [2.75, 3.05) is 0 Å². The topological polar surface area (TPSA) is 106 Å². The summed E-state index contributed by atoms with van der Waals surface area (Å²) in [5.41, 5.74) is 0.271. The van der Waals surface area contributed by atoms with Gasteiger partial charge in [-0.15, -0.1) is 0 Å². The SMILES string of the molecule is O=C(O)c1nc(-c2ccc(Cl)o2)n2c1CC(C(=O)O)CC2. The fourth-order valence-corrected chi connectivity index (χ4v) is 2.71. The van der Waals surface area contributed by atoms with Gasteiger partial charge in [-0.1, -0.05) is 0 Å². The van der Waals surface area contributed by atoms with E-state index in [1.54, 1.807) is 16.7 Å². The van der Waals surface area contributed by atoms with Crippen LogP contribution in [0.25, 0.3) is 11.6 Å². The quantitative estimate of drug-likeness (QED) is 0.899. The van der Waals surface area contributed by atoms with Gasteiger partial charge in [0.1, 0.15) is 0 Å². The fourth-order valence-electron chi connectivity index (χ4n) is 2.56. The number of aromatic nitrogens is 2. The Kier molecular flexibility index (Phi) is 3.21. The largest absolute Gasteiger partial charge is 0.481 e. The lowest BCUT2D eigenvalue weighted by molar-refractivity contribution is -0.142. The first-order valence-electron chi connectivity index (χ1n) is 6.28. The summed E-state index contributed by atoms with van der Waals surface area (Å²) in [6.07, 6.45) is 0.553. The van der Waals surface area contributed by atoms with Gasteiger partial charge in [0.25, 0.3) is 0 Å². The first kappa shape index (κ1) is 13.7. The zero-order valence-electron chi connectivity index (χ0n) is 10.7. The van der Waals surface area contributed by atoms with Crippen LogP contribution in [0.1, 0.15) is 22.6 Å². The number of rotatable bonds is 3. The van der Waals surface area contributed by atoms with Crippen LogP contribution in [-0.4, -0.2) is 31.7 Å². The molecule has 110 valence electrons. The molecule has 3 rings (SSSR count). The van der Waals surface area contributed by atoms with Gasteiger partial charge in [-0.05, 0) is 30.2 Å². The summed E-state index contributed by atoms with van der Waals surface area (Å²) in [6.45, 7) is 0.375. The first-order valence-corrected chi connectivity index (χ1v) is 6.66. The second-order valence-electron chi connectivity index (χ2n) is 4.82. The summed E-state index contributed by atoms with van der Waals surface area (Å²) in [5, 5.41) is 18.5. The van der Waals surface area contributed by atoms with E-state index < -0.39 is 17.9 Å². The minimum atomic E-state index is -1.19. The van der Waals surface area contributed by atoms with Crippen molar-refractivity contribution in [1.82, 2.24) is 9.55 Å². The average Bonchev–Trinajstić information content (AvgIpc) is 3.01. The number of furan rings is 1. The summed E-state index contributed by atoms with van der Waals surface area (Å²) in [7, 11) is 0. The molecule has 0 spiro atoms. The second-order valence-corrected chi connectivity index (χ2v) is 5.19. The molecule has 0 saturated carbocycles. The molecular weight excluding hydrogens is 300 g/mol. The van der Waals surface area contributed by atoms with Crippen LogP contribution in [0.4, 0.5) is 0 Å². The molecule has 1 aliphatic rings. The smallest absolute Gasteiger partial charge is 0.356 e. The van der Waals surface area contributed by atoms with Gasteiger partial charge in [0.05, 0.1) is 11.6 Å². The minimum absolute atomic E-state index is 0.136. The molecule has 8 heteroatoms. The molecule has 0 saturated heterocycles. The van der Waals surface area contributed by atoms with E-state index in [9.17, 15) is 14.7 Å². The van der Waals surface area contributed by atoms with Crippen molar-refractivity contribution in [2.45, 2.75) is 19.4 Å².